The number of sulfonamides is 1. The largest absolute Gasteiger partial charge is 0.316 e. The zero-order valence-electron chi connectivity index (χ0n) is 12.0. The molecule has 1 aromatic rings. The lowest BCUT2D eigenvalue weighted by molar-refractivity contribution is 0.465. The van der Waals surface area contributed by atoms with Gasteiger partial charge in [0.05, 0.1) is 5.75 Å². The molecular weight excluding hydrogens is 260 g/mol. The third-order valence-electron chi connectivity index (χ3n) is 2.96. The lowest BCUT2D eigenvalue weighted by atomic mass is 10.1. The van der Waals surface area contributed by atoms with Gasteiger partial charge in [0.15, 0.2) is 0 Å². The van der Waals surface area contributed by atoms with Gasteiger partial charge in [-0.25, -0.2) is 12.7 Å². The Labute approximate surface area is 116 Å². The molecule has 0 atom stereocenters. The molecule has 0 saturated heterocycles. The van der Waals surface area contributed by atoms with Gasteiger partial charge < -0.3 is 5.32 Å². The van der Waals surface area contributed by atoms with Crippen LogP contribution in [0.1, 0.15) is 24.5 Å². The molecular formula is C14H24N2O2S. The highest BCUT2D eigenvalue weighted by molar-refractivity contribution is 7.89. The summed E-state index contributed by atoms with van der Waals surface area (Å²) in [5.41, 5.74) is 2.19. The second-order valence-electron chi connectivity index (χ2n) is 4.81. The molecule has 19 heavy (non-hydrogen) atoms. The summed E-state index contributed by atoms with van der Waals surface area (Å²) < 4.78 is 25.5. The molecule has 1 rings (SSSR count). The van der Waals surface area contributed by atoms with Crippen LogP contribution in [0.25, 0.3) is 0 Å². The van der Waals surface area contributed by atoms with E-state index >= 15 is 0 Å². The smallest absolute Gasteiger partial charge is 0.215 e. The molecule has 5 heteroatoms. The van der Waals surface area contributed by atoms with Crippen LogP contribution in [-0.4, -0.2) is 38.6 Å². The highest BCUT2D eigenvalue weighted by atomic mass is 32.2. The summed E-state index contributed by atoms with van der Waals surface area (Å²) in [5.74, 6) is 0.148. The van der Waals surface area contributed by atoms with Crippen molar-refractivity contribution in [3.8, 4) is 0 Å². The number of hydrogen-bond acceptors (Lipinski definition) is 3. The fraction of sp³-hybridized carbons (Fsp3) is 0.571. The van der Waals surface area contributed by atoms with E-state index in [4.69, 9.17) is 0 Å². The van der Waals surface area contributed by atoms with E-state index in [0.717, 1.165) is 18.5 Å². The first-order chi connectivity index (χ1) is 8.95. The zero-order valence-corrected chi connectivity index (χ0v) is 12.8. The molecule has 0 radical (unpaired) electrons. The molecule has 0 aliphatic heterocycles. The van der Waals surface area contributed by atoms with Gasteiger partial charge in [-0.15, -0.1) is 0 Å². The minimum absolute atomic E-state index is 0.148. The second-order valence-corrected chi connectivity index (χ2v) is 7.00. The summed E-state index contributed by atoms with van der Waals surface area (Å²) in [6, 6.07) is 7.94. The number of hydrogen-bond donors (Lipinski definition) is 1. The van der Waals surface area contributed by atoms with Crippen molar-refractivity contribution < 1.29 is 8.42 Å². The van der Waals surface area contributed by atoms with Gasteiger partial charge in [-0.1, -0.05) is 36.8 Å². The van der Waals surface area contributed by atoms with Crippen LogP contribution in [0.3, 0.4) is 0 Å². The summed E-state index contributed by atoms with van der Waals surface area (Å²) in [7, 11) is -1.54. The predicted molar refractivity (Wildman–Crippen MR) is 79.6 cm³/mol. The topological polar surface area (TPSA) is 49.4 Å². The minimum atomic E-state index is -3.18. The molecule has 0 aliphatic carbocycles. The molecule has 0 heterocycles. The van der Waals surface area contributed by atoms with E-state index in [1.807, 2.05) is 31.2 Å². The van der Waals surface area contributed by atoms with Gasteiger partial charge in [0.25, 0.3) is 0 Å². The molecule has 4 nitrogen and oxygen atoms in total. The Morgan fingerprint density at radius 3 is 2.37 bits per heavy atom. The van der Waals surface area contributed by atoms with Gasteiger partial charge in [0.1, 0.15) is 0 Å². The number of nitrogens with zero attached hydrogens (tertiary/aromatic N) is 1. The van der Waals surface area contributed by atoms with Crippen LogP contribution in [0.2, 0.25) is 0 Å². The Bertz CT molecular complexity index is 469. The molecule has 0 spiro atoms. The highest BCUT2D eigenvalue weighted by Gasteiger charge is 2.17. The molecule has 0 unspecified atom stereocenters. The third kappa shape index (κ3) is 5.72. The van der Waals surface area contributed by atoms with Crippen LogP contribution in [0, 0.1) is 6.92 Å². The number of aryl methyl sites for hydroxylation is 1. The van der Waals surface area contributed by atoms with Crippen LogP contribution in [0.4, 0.5) is 0 Å². The van der Waals surface area contributed by atoms with Gasteiger partial charge in [0.2, 0.25) is 10.0 Å². The van der Waals surface area contributed by atoms with Crippen LogP contribution < -0.4 is 5.32 Å². The molecule has 0 fully saturated rings. The molecule has 108 valence electrons. The summed E-state index contributed by atoms with van der Waals surface area (Å²) in [5, 5.41) is 3.11. The summed E-state index contributed by atoms with van der Waals surface area (Å²) in [4.78, 5) is 0. The maximum atomic E-state index is 12.1. The van der Waals surface area contributed by atoms with Crippen LogP contribution in [0.5, 0.6) is 0 Å². The van der Waals surface area contributed by atoms with Gasteiger partial charge in [-0.2, -0.15) is 0 Å². The first-order valence-electron chi connectivity index (χ1n) is 6.66. The second kappa shape index (κ2) is 7.62. The Morgan fingerprint density at radius 1 is 1.16 bits per heavy atom. The van der Waals surface area contributed by atoms with Gasteiger partial charge >= 0.3 is 0 Å². The van der Waals surface area contributed by atoms with E-state index in [1.165, 1.54) is 9.87 Å². The molecule has 0 aromatic heterocycles. The minimum Gasteiger partial charge on any atom is -0.316 e. The molecule has 1 aromatic carbocycles. The van der Waals surface area contributed by atoms with Crippen molar-refractivity contribution in [3.63, 3.8) is 0 Å². The lowest BCUT2D eigenvalue weighted by Gasteiger charge is -2.17. The van der Waals surface area contributed by atoms with Crippen molar-refractivity contribution in [3.05, 3.63) is 35.4 Å². The average Bonchev–Trinajstić information content (AvgIpc) is 2.37. The zero-order chi connectivity index (χ0) is 14.3. The molecule has 0 amide bonds. The van der Waals surface area contributed by atoms with Gasteiger partial charge in [-0.3, -0.25) is 0 Å². The maximum Gasteiger partial charge on any atom is 0.215 e. The van der Waals surface area contributed by atoms with Crippen molar-refractivity contribution in [2.75, 3.05) is 25.9 Å². The van der Waals surface area contributed by atoms with E-state index in [2.05, 4.69) is 12.2 Å². The van der Waals surface area contributed by atoms with Crippen molar-refractivity contribution in [2.24, 2.45) is 0 Å². The first-order valence-corrected chi connectivity index (χ1v) is 8.27. The lowest BCUT2D eigenvalue weighted by Crippen LogP contribution is -2.33. The SMILES string of the molecule is CCCNCCS(=O)(=O)N(C)Cc1ccc(C)cc1. The van der Waals surface area contributed by atoms with Crippen molar-refractivity contribution in [1.29, 1.82) is 0 Å². The number of benzene rings is 1. The quantitative estimate of drug-likeness (QED) is 0.740. The van der Waals surface area contributed by atoms with Crippen molar-refractivity contribution in [2.45, 2.75) is 26.8 Å². The molecule has 0 bridgehead atoms. The Balaban J connectivity index is 2.51. The standard InChI is InChI=1S/C14H24N2O2S/c1-4-9-15-10-11-19(17,18)16(3)12-14-7-5-13(2)6-8-14/h5-8,15H,4,9-12H2,1-3H3. The normalized spacial score (nSPS) is 12.0. The van der Waals surface area contributed by atoms with Crippen LogP contribution >= 0.6 is 0 Å². The van der Waals surface area contributed by atoms with Crippen molar-refractivity contribution >= 4 is 10.0 Å². The van der Waals surface area contributed by atoms with Gasteiger partial charge in [-0.05, 0) is 25.5 Å². The number of rotatable bonds is 8. The molecule has 0 saturated carbocycles. The summed E-state index contributed by atoms with van der Waals surface area (Å²) >= 11 is 0. The Morgan fingerprint density at radius 2 is 1.79 bits per heavy atom. The average molecular weight is 284 g/mol. The van der Waals surface area contributed by atoms with Crippen molar-refractivity contribution in [1.82, 2.24) is 9.62 Å². The first kappa shape index (κ1) is 16.1. The van der Waals surface area contributed by atoms with E-state index in [0.29, 0.717) is 13.1 Å². The Hall–Kier alpha value is -0.910. The summed E-state index contributed by atoms with van der Waals surface area (Å²) in [6.07, 6.45) is 1.01. The van der Waals surface area contributed by atoms with Crippen LogP contribution in [0.15, 0.2) is 24.3 Å². The van der Waals surface area contributed by atoms with E-state index < -0.39 is 10.0 Å². The highest BCUT2D eigenvalue weighted by Crippen LogP contribution is 2.08. The number of nitrogens with one attached hydrogen (secondary N) is 1. The Kier molecular flexibility index (Phi) is 6.48. The maximum absolute atomic E-state index is 12.1. The monoisotopic (exact) mass is 284 g/mol. The fourth-order valence-electron chi connectivity index (χ4n) is 1.71. The molecule has 1 N–H and O–H groups in total. The summed E-state index contributed by atoms with van der Waals surface area (Å²) in [6.45, 7) is 5.87. The third-order valence-corrected chi connectivity index (χ3v) is 4.76. The van der Waals surface area contributed by atoms with E-state index in [1.54, 1.807) is 7.05 Å². The molecule has 0 aliphatic rings. The van der Waals surface area contributed by atoms with E-state index in [-0.39, 0.29) is 5.75 Å². The predicted octanol–water partition coefficient (Wildman–Crippen LogP) is 1.76. The van der Waals surface area contributed by atoms with Crippen LogP contribution in [-0.2, 0) is 16.6 Å². The van der Waals surface area contributed by atoms with E-state index in [9.17, 15) is 8.42 Å². The van der Waals surface area contributed by atoms with Gasteiger partial charge in [0, 0.05) is 20.1 Å². The fourth-order valence-corrected chi connectivity index (χ4v) is 2.77.